The van der Waals surface area contributed by atoms with Crippen molar-refractivity contribution in [2.45, 2.75) is 6.10 Å². The quantitative estimate of drug-likeness (QED) is 0.622. The Kier molecular flexibility index (Phi) is 6.19. The van der Waals surface area contributed by atoms with Crippen molar-refractivity contribution < 1.29 is 27.8 Å². The highest BCUT2D eigenvalue weighted by molar-refractivity contribution is 5.98. The van der Waals surface area contributed by atoms with Crippen molar-refractivity contribution in [1.82, 2.24) is 0 Å². The van der Waals surface area contributed by atoms with Gasteiger partial charge in [-0.3, -0.25) is 4.79 Å². The molecule has 1 atom stereocenters. The van der Waals surface area contributed by atoms with E-state index in [0.29, 0.717) is 11.3 Å². The molecule has 3 aromatic rings. The zero-order chi connectivity index (χ0) is 20.8. The molecule has 0 spiro atoms. The van der Waals surface area contributed by atoms with Crippen molar-refractivity contribution in [3.63, 3.8) is 0 Å². The number of amides is 1. The molecule has 1 N–H and O–H groups in total. The van der Waals surface area contributed by atoms with Gasteiger partial charge >= 0.3 is 5.97 Å². The number of hydrogen-bond acceptors (Lipinski definition) is 4. The number of benzene rings is 3. The minimum Gasteiger partial charge on any atom is -0.497 e. The second-order valence-corrected chi connectivity index (χ2v) is 6.04. The van der Waals surface area contributed by atoms with Gasteiger partial charge in [0.2, 0.25) is 6.10 Å². The molecule has 0 heterocycles. The van der Waals surface area contributed by atoms with Crippen molar-refractivity contribution in [2.24, 2.45) is 0 Å². The van der Waals surface area contributed by atoms with Crippen LogP contribution in [0.25, 0.3) is 0 Å². The fourth-order valence-electron chi connectivity index (χ4n) is 2.60. The van der Waals surface area contributed by atoms with Gasteiger partial charge in [-0.15, -0.1) is 0 Å². The Labute approximate surface area is 165 Å². The second-order valence-electron chi connectivity index (χ2n) is 6.04. The Morgan fingerprint density at radius 3 is 2.24 bits per heavy atom. The number of carbonyl (C=O) groups is 2. The SMILES string of the molecule is COc1ccc(C(=O)O[C@@H](C(=O)Nc2ccc(F)cc2)c2ccccc2)c(F)c1. The first-order valence-corrected chi connectivity index (χ1v) is 8.64. The largest absolute Gasteiger partial charge is 0.497 e. The molecule has 5 nitrogen and oxygen atoms in total. The molecule has 1 amide bonds. The summed E-state index contributed by atoms with van der Waals surface area (Å²) >= 11 is 0. The Morgan fingerprint density at radius 1 is 0.931 bits per heavy atom. The molecule has 0 saturated heterocycles. The molecule has 0 fully saturated rings. The van der Waals surface area contributed by atoms with Crippen molar-refractivity contribution >= 4 is 17.6 Å². The zero-order valence-corrected chi connectivity index (χ0v) is 15.4. The highest BCUT2D eigenvalue weighted by Gasteiger charge is 2.27. The van der Waals surface area contributed by atoms with Gasteiger partial charge in [0, 0.05) is 17.3 Å². The van der Waals surface area contributed by atoms with Crippen LogP contribution >= 0.6 is 0 Å². The van der Waals surface area contributed by atoms with Crippen LogP contribution in [0.4, 0.5) is 14.5 Å². The average molecular weight is 397 g/mol. The molecule has 0 aliphatic rings. The Morgan fingerprint density at radius 2 is 1.62 bits per heavy atom. The van der Waals surface area contributed by atoms with E-state index < -0.39 is 29.6 Å². The number of halogens is 2. The molecule has 0 aromatic heterocycles. The maximum Gasteiger partial charge on any atom is 0.342 e. The standard InChI is InChI=1S/C22H17F2NO4/c1-28-17-11-12-18(19(24)13-17)22(27)29-20(14-5-3-2-4-6-14)21(26)25-16-9-7-15(23)8-10-16/h2-13,20H,1H3,(H,25,26)/t20-/m1/s1. The third-order valence-electron chi connectivity index (χ3n) is 4.07. The van der Waals surface area contributed by atoms with Crippen LogP contribution in [0, 0.1) is 11.6 Å². The smallest absolute Gasteiger partial charge is 0.342 e. The molecule has 0 radical (unpaired) electrons. The van der Waals surface area contributed by atoms with E-state index in [9.17, 15) is 18.4 Å². The summed E-state index contributed by atoms with van der Waals surface area (Å²) in [6.07, 6.45) is -1.34. The van der Waals surface area contributed by atoms with Crippen LogP contribution in [-0.2, 0) is 9.53 Å². The van der Waals surface area contributed by atoms with Crippen molar-refractivity contribution in [1.29, 1.82) is 0 Å². The summed E-state index contributed by atoms with van der Waals surface area (Å²) in [6.45, 7) is 0. The first-order chi connectivity index (χ1) is 14.0. The molecule has 3 aromatic carbocycles. The van der Waals surface area contributed by atoms with Crippen LogP contribution in [0.3, 0.4) is 0 Å². The van der Waals surface area contributed by atoms with Gasteiger partial charge in [0.1, 0.15) is 17.4 Å². The van der Waals surface area contributed by atoms with Gasteiger partial charge in [-0.2, -0.15) is 0 Å². The van der Waals surface area contributed by atoms with E-state index in [1.54, 1.807) is 30.3 Å². The number of methoxy groups -OCH3 is 1. The molecular formula is C22H17F2NO4. The maximum absolute atomic E-state index is 14.2. The van der Waals surface area contributed by atoms with E-state index in [2.05, 4.69) is 5.32 Å². The first kappa shape index (κ1) is 20.0. The predicted octanol–water partition coefficient (Wildman–Crippen LogP) is 4.51. The summed E-state index contributed by atoms with van der Waals surface area (Å²) in [6, 6.07) is 17.1. The number of nitrogens with one attached hydrogen (secondary N) is 1. The molecule has 0 aliphatic carbocycles. The first-order valence-electron chi connectivity index (χ1n) is 8.64. The monoisotopic (exact) mass is 397 g/mol. The summed E-state index contributed by atoms with van der Waals surface area (Å²) in [4.78, 5) is 25.3. The minimum atomic E-state index is -1.34. The van der Waals surface area contributed by atoms with Gasteiger partial charge in [-0.1, -0.05) is 30.3 Å². The maximum atomic E-state index is 14.2. The van der Waals surface area contributed by atoms with E-state index in [1.165, 1.54) is 43.5 Å². The van der Waals surface area contributed by atoms with Crippen LogP contribution in [-0.4, -0.2) is 19.0 Å². The van der Waals surface area contributed by atoms with Crippen LogP contribution in [0.2, 0.25) is 0 Å². The lowest BCUT2D eigenvalue weighted by Gasteiger charge is -2.18. The Balaban J connectivity index is 1.85. The van der Waals surface area contributed by atoms with E-state index in [4.69, 9.17) is 9.47 Å². The van der Waals surface area contributed by atoms with Crippen LogP contribution in [0.15, 0.2) is 72.8 Å². The van der Waals surface area contributed by atoms with E-state index >= 15 is 0 Å². The third-order valence-corrected chi connectivity index (χ3v) is 4.07. The van der Waals surface area contributed by atoms with Crippen LogP contribution < -0.4 is 10.1 Å². The van der Waals surface area contributed by atoms with E-state index in [-0.39, 0.29) is 11.3 Å². The number of esters is 1. The zero-order valence-electron chi connectivity index (χ0n) is 15.4. The average Bonchev–Trinajstić information content (AvgIpc) is 2.73. The number of carbonyl (C=O) groups excluding carboxylic acids is 2. The lowest BCUT2D eigenvalue weighted by atomic mass is 10.1. The van der Waals surface area contributed by atoms with Gasteiger partial charge in [-0.05, 0) is 36.4 Å². The Hall–Kier alpha value is -3.74. The van der Waals surface area contributed by atoms with Crippen molar-refractivity contribution in [3.05, 3.63) is 95.6 Å². The summed E-state index contributed by atoms with van der Waals surface area (Å²) in [5.41, 5.74) is 0.389. The summed E-state index contributed by atoms with van der Waals surface area (Å²) in [5.74, 6) is -2.71. The molecule has 0 bridgehead atoms. The molecule has 7 heteroatoms. The molecule has 0 unspecified atom stereocenters. The van der Waals surface area contributed by atoms with E-state index in [1.807, 2.05) is 0 Å². The third kappa shape index (κ3) is 4.95. The van der Waals surface area contributed by atoms with E-state index in [0.717, 1.165) is 6.07 Å². The molecule has 0 saturated carbocycles. The second kappa shape index (κ2) is 8.97. The number of rotatable bonds is 6. The van der Waals surface area contributed by atoms with Gasteiger partial charge < -0.3 is 14.8 Å². The fourth-order valence-corrected chi connectivity index (χ4v) is 2.60. The van der Waals surface area contributed by atoms with Gasteiger partial charge in [0.25, 0.3) is 5.91 Å². The van der Waals surface area contributed by atoms with Crippen molar-refractivity contribution in [2.75, 3.05) is 12.4 Å². The number of hydrogen-bond donors (Lipinski definition) is 1. The molecule has 3 rings (SSSR count). The lowest BCUT2D eigenvalue weighted by molar-refractivity contribution is -0.125. The molecule has 0 aliphatic heterocycles. The highest BCUT2D eigenvalue weighted by atomic mass is 19.1. The highest BCUT2D eigenvalue weighted by Crippen LogP contribution is 2.24. The Bertz CT molecular complexity index is 1010. The van der Waals surface area contributed by atoms with Crippen LogP contribution in [0.5, 0.6) is 5.75 Å². The van der Waals surface area contributed by atoms with Gasteiger partial charge in [0.05, 0.1) is 12.7 Å². The van der Waals surface area contributed by atoms with Gasteiger partial charge in [0.15, 0.2) is 0 Å². The summed E-state index contributed by atoms with van der Waals surface area (Å²) in [5, 5.41) is 2.56. The van der Waals surface area contributed by atoms with Crippen LogP contribution in [0.1, 0.15) is 22.0 Å². The fraction of sp³-hybridized carbons (Fsp3) is 0.0909. The normalized spacial score (nSPS) is 11.4. The number of ether oxygens (including phenoxy) is 2. The summed E-state index contributed by atoms with van der Waals surface area (Å²) < 4.78 is 37.5. The molecule has 148 valence electrons. The minimum absolute atomic E-state index is 0.243. The lowest BCUT2D eigenvalue weighted by Crippen LogP contribution is -2.26. The molecular weight excluding hydrogens is 380 g/mol. The topological polar surface area (TPSA) is 64.6 Å². The predicted molar refractivity (Wildman–Crippen MR) is 103 cm³/mol. The molecule has 29 heavy (non-hydrogen) atoms. The number of anilines is 1. The summed E-state index contributed by atoms with van der Waals surface area (Å²) in [7, 11) is 1.37. The van der Waals surface area contributed by atoms with Crippen molar-refractivity contribution in [3.8, 4) is 5.75 Å². The van der Waals surface area contributed by atoms with Gasteiger partial charge in [-0.25, -0.2) is 13.6 Å².